The molecular formula is C14H27NO2. The number of hydrogen-bond donors (Lipinski definition) is 0. The van der Waals surface area contributed by atoms with Crippen LogP contribution in [0.1, 0.15) is 47.0 Å². The summed E-state index contributed by atoms with van der Waals surface area (Å²) in [5, 5.41) is 0. The van der Waals surface area contributed by atoms with Gasteiger partial charge in [0.2, 0.25) is 0 Å². The number of nitrogens with zero attached hydrogens (tertiary/aromatic N) is 1. The highest BCUT2D eigenvalue weighted by Gasteiger charge is 2.25. The van der Waals surface area contributed by atoms with Gasteiger partial charge in [0.15, 0.2) is 0 Å². The lowest BCUT2D eigenvalue weighted by molar-refractivity contribution is -0.144. The lowest BCUT2D eigenvalue weighted by Crippen LogP contribution is -2.44. The molecule has 100 valence electrons. The Kier molecular flexibility index (Phi) is 5.96. The van der Waals surface area contributed by atoms with E-state index in [-0.39, 0.29) is 12.0 Å². The maximum Gasteiger partial charge on any atom is 0.251 e. The van der Waals surface area contributed by atoms with E-state index in [9.17, 15) is 4.79 Å². The van der Waals surface area contributed by atoms with E-state index >= 15 is 0 Å². The molecule has 0 spiro atoms. The normalized spacial score (nSPS) is 22.9. The highest BCUT2D eigenvalue weighted by atomic mass is 16.5. The number of carbonyl (C=O) groups excluding carboxylic acids is 1. The Bertz CT molecular complexity index is 240. The topological polar surface area (TPSA) is 29.5 Å². The molecule has 17 heavy (non-hydrogen) atoms. The third-order valence-electron chi connectivity index (χ3n) is 3.38. The number of amides is 1. The van der Waals surface area contributed by atoms with Crippen LogP contribution in [0.15, 0.2) is 0 Å². The van der Waals surface area contributed by atoms with Gasteiger partial charge >= 0.3 is 0 Å². The van der Waals surface area contributed by atoms with Gasteiger partial charge in [-0.25, -0.2) is 0 Å². The van der Waals surface area contributed by atoms with Gasteiger partial charge in [-0.05, 0) is 38.0 Å². The number of ether oxygens (including phenoxy) is 1. The van der Waals surface area contributed by atoms with Crippen LogP contribution in [-0.2, 0) is 9.53 Å². The van der Waals surface area contributed by atoms with E-state index in [0.717, 1.165) is 25.9 Å². The van der Waals surface area contributed by atoms with Crippen LogP contribution >= 0.6 is 0 Å². The molecule has 0 N–H and O–H groups in total. The molecule has 1 aliphatic rings. The first-order valence-electron chi connectivity index (χ1n) is 6.91. The van der Waals surface area contributed by atoms with Crippen molar-refractivity contribution >= 4 is 5.91 Å². The Morgan fingerprint density at radius 1 is 1.41 bits per heavy atom. The molecule has 1 heterocycles. The monoisotopic (exact) mass is 241 g/mol. The predicted octanol–water partition coefficient (Wildman–Crippen LogP) is 2.70. The molecule has 2 atom stereocenters. The minimum Gasteiger partial charge on any atom is -0.369 e. The molecule has 0 saturated carbocycles. The van der Waals surface area contributed by atoms with Crippen LogP contribution < -0.4 is 0 Å². The lowest BCUT2D eigenvalue weighted by Gasteiger charge is -2.32. The Labute approximate surface area is 106 Å². The fraction of sp³-hybridized carbons (Fsp3) is 0.929. The molecule has 1 aliphatic heterocycles. The van der Waals surface area contributed by atoms with Gasteiger partial charge in [-0.2, -0.15) is 0 Å². The molecule has 1 saturated heterocycles. The Morgan fingerprint density at radius 3 is 2.71 bits per heavy atom. The molecule has 1 amide bonds. The van der Waals surface area contributed by atoms with Gasteiger partial charge in [-0.1, -0.05) is 20.8 Å². The Morgan fingerprint density at radius 2 is 2.12 bits per heavy atom. The van der Waals surface area contributed by atoms with Gasteiger partial charge < -0.3 is 9.64 Å². The maximum atomic E-state index is 12.1. The van der Waals surface area contributed by atoms with Gasteiger partial charge in [-0.3, -0.25) is 4.79 Å². The van der Waals surface area contributed by atoms with Crippen LogP contribution in [0.4, 0.5) is 0 Å². The third kappa shape index (κ3) is 5.07. The molecule has 1 fully saturated rings. The summed E-state index contributed by atoms with van der Waals surface area (Å²) < 4.78 is 5.61. The van der Waals surface area contributed by atoms with E-state index in [1.165, 1.54) is 6.42 Å². The molecule has 0 aliphatic carbocycles. The van der Waals surface area contributed by atoms with Crippen molar-refractivity contribution in [3.05, 3.63) is 0 Å². The molecule has 0 aromatic carbocycles. The van der Waals surface area contributed by atoms with Crippen molar-refractivity contribution in [2.24, 2.45) is 11.8 Å². The minimum absolute atomic E-state index is 0.167. The van der Waals surface area contributed by atoms with E-state index in [2.05, 4.69) is 20.8 Å². The van der Waals surface area contributed by atoms with Gasteiger partial charge in [0, 0.05) is 19.7 Å². The second kappa shape index (κ2) is 7.00. The number of carbonyl (C=O) groups is 1. The molecule has 3 heteroatoms. The highest BCUT2D eigenvalue weighted by Crippen LogP contribution is 2.16. The van der Waals surface area contributed by atoms with Crippen molar-refractivity contribution in [3.63, 3.8) is 0 Å². The summed E-state index contributed by atoms with van der Waals surface area (Å²) in [5.74, 6) is 1.43. The summed E-state index contributed by atoms with van der Waals surface area (Å²) in [6.45, 7) is 10.9. The summed E-state index contributed by atoms with van der Waals surface area (Å²) >= 11 is 0. The van der Waals surface area contributed by atoms with Gasteiger partial charge in [0.1, 0.15) is 6.10 Å². The lowest BCUT2D eigenvalue weighted by atomic mass is 10.00. The van der Waals surface area contributed by atoms with Crippen molar-refractivity contribution in [1.29, 1.82) is 0 Å². The van der Waals surface area contributed by atoms with E-state index in [4.69, 9.17) is 4.74 Å². The van der Waals surface area contributed by atoms with E-state index in [1.54, 1.807) is 0 Å². The Hall–Kier alpha value is -0.570. The zero-order valence-corrected chi connectivity index (χ0v) is 11.7. The first-order valence-corrected chi connectivity index (χ1v) is 6.91. The van der Waals surface area contributed by atoms with Crippen LogP contribution in [0.25, 0.3) is 0 Å². The standard InChI is InChI=1S/C14H27NO2/c1-11(2)7-9-17-13(4)14(16)15-8-5-6-12(3)10-15/h11-13H,5-10H2,1-4H3/t12-,13+/m0/s1. The quantitative estimate of drug-likeness (QED) is 0.740. The molecule has 1 rings (SSSR count). The molecule has 3 nitrogen and oxygen atoms in total. The second-order valence-corrected chi connectivity index (χ2v) is 5.73. The number of hydrogen-bond acceptors (Lipinski definition) is 2. The van der Waals surface area contributed by atoms with Gasteiger partial charge in [0.05, 0.1) is 0 Å². The molecular weight excluding hydrogens is 214 g/mol. The average Bonchev–Trinajstić information content (AvgIpc) is 2.27. The first-order chi connectivity index (χ1) is 8.00. The van der Waals surface area contributed by atoms with E-state index < -0.39 is 0 Å². The summed E-state index contributed by atoms with van der Waals surface area (Å²) in [7, 11) is 0. The van der Waals surface area contributed by atoms with Crippen LogP contribution in [0.5, 0.6) is 0 Å². The molecule has 0 aromatic rings. The second-order valence-electron chi connectivity index (χ2n) is 5.73. The molecule has 0 aromatic heterocycles. The fourth-order valence-electron chi connectivity index (χ4n) is 2.20. The molecule has 0 unspecified atom stereocenters. The van der Waals surface area contributed by atoms with Crippen molar-refractivity contribution in [2.45, 2.75) is 53.1 Å². The first kappa shape index (κ1) is 14.5. The van der Waals surface area contributed by atoms with Crippen LogP contribution in [0, 0.1) is 11.8 Å². The predicted molar refractivity (Wildman–Crippen MR) is 69.8 cm³/mol. The Balaban J connectivity index is 2.30. The number of rotatable bonds is 5. The highest BCUT2D eigenvalue weighted by molar-refractivity contribution is 5.80. The van der Waals surface area contributed by atoms with Crippen molar-refractivity contribution in [1.82, 2.24) is 4.90 Å². The number of piperidine rings is 1. The third-order valence-corrected chi connectivity index (χ3v) is 3.38. The summed E-state index contributed by atoms with van der Waals surface area (Å²) in [5.41, 5.74) is 0. The van der Waals surface area contributed by atoms with Crippen molar-refractivity contribution in [3.8, 4) is 0 Å². The van der Waals surface area contributed by atoms with Crippen LogP contribution in [0.3, 0.4) is 0 Å². The van der Waals surface area contributed by atoms with Crippen LogP contribution in [-0.4, -0.2) is 36.6 Å². The minimum atomic E-state index is -0.279. The van der Waals surface area contributed by atoms with Crippen LogP contribution in [0.2, 0.25) is 0 Å². The largest absolute Gasteiger partial charge is 0.369 e. The summed E-state index contributed by atoms with van der Waals surface area (Å²) in [4.78, 5) is 14.1. The smallest absolute Gasteiger partial charge is 0.251 e. The van der Waals surface area contributed by atoms with E-state index in [1.807, 2.05) is 11.8 Å². The SMILES string of the molecule is CC(C)CCO[C@H](C)C(=O)N1CCC[C@H](C)C1. The van der Waals surface area contributed by atoms with E-state index in [0.29, 0.717) is 18.4 Å². The van der Waals surface area contributed by atoms with Crippen molar-refractivity contribution < 1.29 is 9.53 Å². The average molecular weight is 241 g/mol. The zero-order valence-electron chi connectivity index (χ0n) is 11.7. The van der Waals surface area contributed by atoms with Gasteiger partial charge in [0.25, 0.3) is 5.91 Å². The summed E-state index contributed by atoms with van der Waals surface area (Å²) in [6.07, 6.45) is 3.12. The number of likely N-dealkylation sites (tertiary alicyclic amines) is 1. The van der Waals surface area contributed by atoms with Gasteiger partial charge in [-0.15, -0.1) is 0 Å². The maximum absolute atomic E-state index is 12.1. The fourth-order valence-corrected chi connectivity index (χ4v) is 2.20. The van der Waals surface area contributed by atoms with Crippen molar-refractivity contribution in [2.75, 3.05) is 19.7 Å². The summed E-state index contributed by atoms with van der Waals surface area (Å²) in [6, 6.07) is 0. The zero-order chi connectivity index (χ0) is 12.8. The molecule has 0 radical (unpaired) electrons. The molecule has 0 bridgehead atoms.